The fourth-order valence-corrected chi connectivity index (χ4v) is 3.04. The molecule has 1 aliphatic heterocycles. The Bertz CT molecular complexity index is 573. The molecule has 3 rings (SSSR count). The second-order valence-electron chi connectivity index (χ2n) is 5.13. The van der Waals surface area contributed by atoms with Gasteiger partial charge in [0.25, 0.3) is 0 Å². The van der Waals surface area contributed by atoms with E-state index in [1.165, 1.54) is 10.9 Å². The molecule has 0 saturated carbocycles. The van der Waals surface area contributed by atoms with E-state index in [9.17, 15) is 0 Å². The van der Waals surface area contributed by atoms with Gasteiger partial charge in [0.2, 0.25) is 0 Å². The predicted octanol–water partition coefficient (Wildman–Crippen LogP) is 2.95. The summed E-state index contributed by atoms with van der Waals surface area (Å²) in [5.74, 6) is 1.13. The molecule has 0 unspecified atom stereocenters. The van der Waals surface area contributed by atoms with E-state index in [2.05, 4.69) is 39.1 Å². The van der Waals surface area contributed by atoms with Gasteiger partial charge in [-0.05, 0) is 30.7 Å². The summed E-state index contributed by atoms with van der Waals surface area (Å²) >= 11 is 3.52. The van der Waals surface area contributed by atoms with Crippen LogP contribution in [0, 0.1) is 6.92 Å². The normalized spacial score (nSPS) is 17.2. The summed E-state index contributed by atoms with van der Waals surface area (Å²) in [5.41, 5.74) is 2.28. The number of halogens is 1. The number of nitrogens with one attached hydrogen (secondary N) is 1. The maximum atomic E-state index is 5.98. The van der Waals surface area contributed by atoms with Crippen molar-refractivity contribution in [3.8, 4) is 0 Å². The van der Waals surface area contributed by atoms with Gasteiger partial charge in [-0.15, -0.1) is 0 Å². The lowest BCUT2D eigenvalue weighted by molar-refractivity contribution is 0.239. The molecule has 1 aliphatic rings. The van der Waals surface area contributed by atoms with Crippen molar-refractivity contribution in [2.24, 2.45) is 0 Å². The van der Waals surface area contributed by atoms with Crippen molar-refractivity contribution in [3.63, 3.8) is 0 Å². The summed E-state index contributed by atoms with van der Waals surface area (Å²) in [7, 11) is 0. The lowest BCUT2D eigenvalue weighted by Crippen LogP contribution is -2.44. The second-order valence-corrected chi connectivity index (χ2v) is 6.05. The highest BCUT2D eigenvalue weighted by atomic mass is 79.9. The van der Waals surface area contributed by atoms with E-state index in [0.29, 0.717) is 0 Å². The molecule has 0 bridgehead atoms. The molecule has 4 heteroatoms. The Labute approximate surface area is 122 Å². The van der Waals surface area contributed by atoms with Gasteiger partial charge in [-0.1, -0.05) is 15.9 Å². The third-order valence-electron chi connectivity index (χ3n) is 3.86. The first-order valence-corrected chi connectivity index (χ1v) is 7.64. The van der Waals surface area contributed by atoms with E-state index < -0.39 is 0 Å². The van der Waals surface area contributed by atoms with Crippen molar-refractivity contribution in [1.82, 2.24) is 10.2 Å². The van der Waals surface area contributed by atoms with Gasteiger partial charge >= 0.3 is 0 Å². The van der Waals surface area contributed by atoms with Crippen molar-refractivity contribution in [2.75, 3.05) is 32.7 Å². The number of furan rings is 1. The molecule has 0 amide bonds. The predicted molar refractivity (Wildman–Crippen MR) is 81.7 cm³/mol. The largest absolute Gasteiger partial charge is 0.461 e. The first kappa shape index (κ1) is 13.2. The van der Waals surface area contributed by atoms with Gasteiger partial charge in [0.1, 0.15) is 11.3 Å². The molecule has 2 aromatic rings. The van der Waals surface area contributed by atoms with Crippen molar-refractivity contribution in [1.29, 1.82) is 0 Å². The van der Waals surface area contributed by atoms with Gasteiger partial charge < -0.3 is 14.6 Å². The molecule has 1 fully saturated rings. The minimum atomic E-state index is 0.996. The SMILES string of the molecule is Cc1c(CCN2CCNCC2)oc2ccc(Br)cc12. The number of nitrogens with zero attached hydrogens (tertiary/aromatic N) is 1. The third-order valence-corrected chi connectivity index (χ3v) is 4.35. The Morgan fingerprint density at radius 3 is 2.89 bits per heavy atom. The van der Waals surface area contributed by atoms with Crippen LogP contribution in [0.25, 0.3) is 11.0 Å². The Morgan fingerprint density at radius 2 is 2.11 bits per heavy atom. The summed E-state index contributed by atoms with van der Waals surface area (Å²) < 4.78 is 7.09. The Balaban J connectivity index is 1.75. The van der Waals surface area contributed by atoms with E-state index >= 15 is 0 Å². The van der Waals surface area contributed by atoms with Gasteiger partial charge in [0, 0.05) is 49.0 Å². The van der Waals surface area contributed by atoms with Crippen LogP contribution in [0.15, 0.2) is 27.1 Å². The molecule has 0 spiro atoms. The lowest BCUT2D eigenvalue weighted by atomic mass is 10.1. The Kier molecular flexibility index (Phi) is 3.91. The lowest BCUT2D eigenvalue weighted by Gasteiger charge is -2.26. The van der Waals surface area contributed by atoms with Gasteiger partial charge in [0.05, 0.1) is 0 Å². The molecule has 1 saturated heterocycles. The summed E-state index contributed by atoms with van der Waals surface area (Å²) in [4.78, 5) is 2.50. The zero-order chi connectivity index (χ0) is 13.2. The summed E-state index contributed by atoms with van der Waals surface area (Å²) in [5, 5.41) is 4.61. The zero-order valence-electron chi connectivity index (χ0n) is 11.2. The van der Waals surface area contributed by atoms with Gasteiger partial charge in [-0.25, -0.2) is 0 Å². The molecule has 19 heavy (non-hydrogen) atoms. The van der Waals surface area contributed by atoms with Crippen molar-refractivity contribution in [2.45, 2.75) is 13.3 Å². The summed E-state index contributed by atoms with van der Waals surface area (Å²) in [6.45, 7) is 7.74. The molecular formula is C15H19BrN2O. The van der Waals surface area contributed by atoms with Crippen LogP contribution >= 0.6 is 15.9 Å². The van der Waals surface area contributed by atoms with Crippen LogP contribution < -0.4 is 5.32 Å². The maximum Gasteiger partial charge on any atom is 0.134 e. The fourth-order valence-electron chi connectivity index (χ4n) is 2.68. The van der Waals surface area contributed by atoms with Gasteiger partial charge in [-0.3, -0.25) is 0 Å². The van der Waals surface area contributed by atoms with Crippen LogP contribution in [-0.2, 0) is 6.42 Å². The van der Waals surface area contributed by atoms with E-state index in [4.69, 9.17) is 4.42 Å². The first-order valence-electron chi connectivity index (χ1n) is 6.84. The fraction of sp³-hybridized carbons (Fsp3) is 0.467. The third kappa shape index (κ3) is 2.86. The van der Waals surface area contributed by atoms with Crippen LogP contribution in [0.4, 0.5) is 0 Å². The maximum absolute atomic E-state index is 5.98. The number of rotatable bonds is 3. The molecule has 1 aromatic carbocycles. The smallest absolute Gasteiger partial charge is 0.134 e. The second kappa shape index (κ2) is 5.65. The van der Waals surface area contributed by atoms with Crippen molar-refractivity contribution < 1.29 is 4.42 Å². The van der Waals surface area contributed by atoms with E-state index in [0.717, 1.165) is 55.0 Å². The van der Waals surface area contributed by atoms with Crippen molar-refractivity contribution in [3.05, 3.63) is 34.0 Å². The molecular weight excluding hydrogens is 304 g/mol. The molecule has 3 nitrogen and oxygen atoms in total. The van der Waals surface area contributed by atoms with Crippen LogP contribution in [0.2, 0.25) is 0 Å². The monoisotopic (exact) mass is 322 g/mol. The van der Waals surface area contributed by atoms with Crippen LogP contribution in [0.5, 0.6) is 0 Å². The molecule has 1 aromatic heterocycles. The minimum absolute atomic E-state index is 0.996. The molecule has 0 radical (unpaired) electrons. The number of hydrogen-bond acceptors (Lipinski definition) is 3. The number of benzene rings is 1. The quantitative estimate of drug-likeness (QED) is 0.941. The summed E-state index contributed by atoms with van der Waals surface area (Å²) in [6.07, 6.45) is 0.998. The van der Waals surface area contributed by atoms with Gasteiger partial charge in [-0.2, -0.15) is 0 Å². The average Bonchev–Trinajstić information content (AvgIpc) is 2.74. The average molecular weight is 323 g/mol. The molecule has 0 atom stereocenters. The number of piperazine rings is 1. The van der Waals surface area contributed by atoms with Gasteiger partial charge in [0.15, 0.2) is 0 Å². The van der Waals surface area contributed by atoms with E-state index in [-0.39, 0.29) is 0 Å². The highest BCUT2D eigenvalue weighted by Gasteiger charge is 2.14. The number of aryl methyl sites for hydroxylation is 1. The van der Waals surface area contributed by atoms with Crippen molar-refractivity contribution >= 4 is 26.9 Å². The molecule has 1 N–H and O–H groups in total. The standard InChI is InChI=1S/C15H19BrN2O/c1-11-13-10-12(16)2-3-15(13)19-14(11)4-7-18-8-5-17-6-9-18/h2-3,10,17H,4-9H2,1H3. The number of fused-ring (bicyclic) bond motifs is 1. The van der Waals surface area contributed by atoms with E-state index in [1.54, 1.807) is 0 Å². The highest BCUT2D eigenvalue weighted by Crippen LogP contribution is 2.28. The Hall–Kier alpha value is -0.840. The Morgan fingerprint density at radius 1 is 1.32 bits per heavy atom. The molecule has 0 aliphatic carbocycles. The highest BCUT2D eigenvalue weighted by molar-refractivity contribution is 9.10. The topological polar surface area (TPSA) is 28.4 Å². The number of hydrogen-bond donors (Lipinski definition) is 1. The minimum Gasteiger partial charge on any atom is -0.461 e. The van der Waals surface area contributed by atoms with Crippen LogP contribution in [0.1, 0.15) is 11.3 Å². The van der Waals surface area contributed by atoms with Crippen LogP contribution in [0.3, 0.4) is 0 Å². The first-order chi connectivity index (χ1) is 9.24. The summed E-state index contributed by atoms with van der Waals surface area (Å²) in [6, 6.07) is 6.22. The molecule has 102 valence electrons. The van der Waals surface area contributed by atoms with E-state index in [1.807, 2.05) is 12.1 Å². The van der Waals surface area contributed by atoms with Crippen LogP contribution in [-0.4, -0.2) is 37.6 Å². The zero-order valence-corrected chi connectivity index (χ0v) is 12.8. The molecule has 2 heterocycles.